The van der Waals surface area contributed by atoms with Gasteiger partial charge in [-0.05, 0) is 38.3 Å². The molecule has 27 heavy (non-hydrogen) atoms. The van der Waals surface area contributed by atoms with Gasteiger partial charge in [0.25, 0.3) is 0 Å². The molecular weight excluding hydrogens is 350 g/mol. The largest absolute Gasteiger partial charge is 0.445 e. The van der Waals surface area contributed by atoms with Crippen LogP contribution in [0.1, 0.15) is 32.8 Å². The molecule has 9 heteroatoms. The maximum Gasteiger partial charge on any atom is 0.410 e. The van der Waals surface area contributed by atoms with E-state index in [1.54, 1.807) is 20.8 Å². The monoisotopic (exact) mass is 375 g/mol. The summed E-state index contributed by atoms with van der Waals surface area (Å²) < 4.78 is 10.6. The molecule has 1 N–H and O–H groups in total. The van der Waals surface area contributed by atoms with Gasteiger partial charge in [-0.1, -0.05) is 35.4 Å². The van der Waals surface area contributed by atoms with Crippen LogP contribution in [0.3, 0.4) is 0 Å². The average molecular weight is 375 g/mol. The Morgan fingerprint density at radius 2 is 2.04 bits per heavy atom. The summed E-state index contributed by atoms with van der Waals surface area (Å²) in [5, 5.41) is 6.43. The quantitative estimate of drug-likeness (QED) is 0.491. The topological polar surface area (TPSA) is 117 Å². The molecule has 1 saturated heterocycles. The van der Waals surface area contributed by atoms with Crippen molar-refractivity contribution in [3.05, 3.63) is 46.3 Å². The van der Waals surface area contributed by atoms with Gasteiger partial charge in [0.15, 0.2) is 0 Å². The Morgan fingerprint density at radius 3 is 2.67 bits per heavy atom. The number of hydrogen-bond donors (Lipinski definition) is 1. The van der Waals surface area contributed by atoms with E-state index < -0.39 is 29.9 Å². The SMILES string of the molecule is CC(C)(C)OC(=O)N[C@@H]1CN(C(=O)OCc2ccccc2)CC[C@@H]1N=[N+]=[N-]. The summed E-state index contributed by atoms with van der Waals surface area (Å²) in [6, 6.07) is 8.36. The second-order valence-corrected chi connectivity index (χ2v) is 7.30. The van der Waals surface area contributed by atoms with Gasteiger partial charge < -0.3 is 19.7 Å². The highest BCUT2D eigenvalue weighted by Crippen LogP contribution is 2.17. The third-order valence-corrected chi connectivity index (χ3v) is 3.94. The molecular formula is C18H25N5O4. The fraction of sp³-hybridized carbons (Fsp3) is 0.556. The molecule has 0 aromatic heterocycles. The number of amides is 2. The van der Waals surface area contributed by atoms with Crippen molar-refractivity contribution in [3.8, 4) is 0 Å². The van der Waals surface area contributed by atoms with Crippen molar-refractivity contribution in [1.82, 2.24) is 10.2 Å². The first-order valence-corrected chi connectivity index (χ1v) is 8.78. The van der Waals surface area contributed by atoms with Crippen molar-refractivity contribution in [2.75, 3.05) is 13.1 Å². The van der Waals surface area contributed by atoms with E-state index in [0.717, 1.165) is 5.56 Å². The highest BCUT2D eigenvalue weighted by Gasteiger charge is 2.33. The summed E-state index contributed by atoms with van der Waals surface area (Å²) in [5.74, 6) is 0. The zero-order chi connectivity index (χ0) is 19.9. The summed E-state index contributed by atoms with van der Waals surface area (Å²) in [4.78, 5) is 28.7. The number of likely N-dealkylation sites (tertiary alicyclic amines) is 1. The van der Waals surface area contributed by atoms with Crippen molar-refractivity contribution in [2.45, 2.75) is 51.5 Å². The van der Waals surface area contributed by atoms with Crippen molar-refractivity contribution in [1.29, 1.82) is 0 Å². The van der Waals surface area contributed by atoms with E-state index in [0.29, 0.717) is 13.0 Å². The van der Waals surface area contributed by atoms with E-state index in [2.05, 4.69) is 15.3 Å². The van der Waals surface area contributed by atoms with Gasteiger partial charge in [0.1, 0.15) is 12.2 Å². The van der Waals surface area contributed by atoms with E-state index in [9.17, 15) is 9.59 Å². The second kappa shape index (κ2) is 9.14. The van der Waals surface area contributed by atoms with E-state index in [1.165, 1.54) is 4.90 Å². The van der Waals surface area contributed by atoms with Gasteiger partial charge in [-0.25, -0.2) is 9.59 Å². The maximum absolute atomic E-state index is 12.4. The Kier molecular flexibility index (Phi) is 6.90. The highest BCUT2D eigenvalue weighted by atomic mass is 16.6. The van der Waals surface area contributed by atoms with Gasteiger partial charge in [0.05, 0.1) is 12.1 Å². The molecule has 2 rings (SSSR count). The molecule has 2 amide bonds. The third kappa shape index (κ3) is 6.71. The van der Waals surface area contributed by atoms with Crippen LogP contribution in [-0.2, 0) is 16.1 Å². The molecule has 1 aromatic rings. The number of alkyl carbamates (subject to hydrolysis) is 1. The molecule has 146 valence electrons. The number of ether oxygens (including phenoxy) is 2. The van der Waals surface area contributed by atoms with Gasteiger partial charge in [0.2, 0.25) is 0 Å². The smallest absolute Gasteiger partial charge is 0.410 e. The van der Waals surface area contributed by atoms with Gasteiger partial charge >= 0.3 is 12.2 Å². The molecule has 0 bridgehead atoms. The lowest BCUT2D eigenvalue weighted by molar-refractivity contribution is 0.0434. The lowest BCUT2D eigenvalue weighted by Gasteiger charge is -2.36. The van der Waals surface area contributed by atoms with Gasteiger partial charge in [-0.3, -0.25) is 0 Å². The Morgan fingerprint density at radius 1 is 1.33 bits per heavy atom. The first-order valence-electron chi connectivity index (χ1n) is 8.78. The van der Waals surface area contributed by atoms with Crippen LogP contribution in [0.15, 0.2) is 35.4 Å². The predicted octanol–water partition coefficient (Wildman–Crippen LogP) is 3.60. The standard InChI is InChI=1S/C18H25N5O4/c1-18(2,3)27-16(24)20-15-11-23(10-9-14(15)21-22-19)17(25)26-12-13-7-5-4-6-8-13/h4-8,14-15H,9-12H2,1-3H3,(H,20,24)/t14-,15+/m0/s1. The maximum atomic E-state index is 12.4. The number of benzene rings is 1. The summed E-state index contributed by atoms with van der Waals surface area (Å²) >= 11 is 0. The summed E-state index contributed by atoms with van der Waals surface area (Å²) in [6.45, 7) is 5.99. The van der Waals surface area contributed by atoms with Crippen molar-refractivity contribution in [2.24, 2.45) is 5.11 Å². The summed E-state index contributed by atoms with van der Waals surface area (Å²) in [7, 11) is 0. The first-order chi connectivity index (χ1) is 12.8. The van der Waals surface area contributed by atoms with Crippen molar-refractivity contribution < 1.29 is 19.1 Å². The lowest BCUT2D eigenvalue weighted by atomic mass is 10.0. The highest BCUT2D eigenvalue weighted by molar-refractivity contribution is 5.70. The minimum atomic E-state index is -0.652. The fourth-order valence-electron chi connectivity index (χ4n) is 2.72. The molecule has 2 atom stereocenters. The predicted molar refractivity (Wildman–Crippen MR) is 98.9 cm³/mol. The van der Waals surface area contributed by atoms with Crippen molar-refractivity contribution in [3.63, 3.8) is 0 Å². The fourth-order valence-corrected chi connectivity index (χ4v) is 2.72. The lowest BCUT2D eigenvalue weighted by Crippen LogP contribution is -2.56. The van der Waals surface area contributed by atoms with Crippen LogP contribution < -0.4 is 5.32 Å². The van der Waals surface area contributed by atoms with E-state index >= 15 is 0 Å². The van der Waals surface area contributed by atoms with Gasteiger partial charge in [0, 0.05) is 18.0 Å². The van der Waals surface area contributed by atoms with Gasteiger partial charge in [-0.2, -0.15) is 0 Å². The first kappa shape index (κ1) is 20.4. The molecule has 1 heterocycles. The van der Waals surface area contributed by atoms with Crippen LogP contribution in [0.4, 0.5) is 9.59 Å². The van der Waals surface area contributed by atoms with Crippen LogP contribution >= 0.6 is 0 Å². The van der Waals surface area contributed by atoms with Crippen LogP contribution in [0.5, 0.6) is 0 Å². The van der Waals surface area contributed by atoms with Crippen molar-refractivity contribution >= 4 is 12.2 Å². The minimum absolute atomic E-state index is 0.167. The Bertz CT molecular complexity index is 697. The molecule has 0 saturated carbocycles. The third-order valence-electron chi connectivity index (χ3n) is 3.94. The molecule has 1 aliphatic heterocycles. The second-order valence-electron chi connectivity index (χ2n) is 7.30. The average Bonchev–Trinajstić information content (AvgIpc) is 2.60. The van der Waals surface area contributed by atoms with Gasteiger partial charge in [-0.15, -0.1) is 0 Å². The molecule has 1 aromatic carbocycles. The molecule has 0 unspecified atom stereocenters. The minimum Gasteiger partial charge on any atom is -0.445 e. The zero-order valence-electron chi connectivity index (χ0n) is 15.8. The van der Waals surface area contributed by atoms with Crippen LogP contribution in [0, 0.1) is 0 Å². The number of carbonyl (C=O) groups is 2. The number of azide groups is 1. The Balaban J connectivity index is 1.96. The molecule has 0 radical (unpaired) electrons. The van der Waals surface area contributed by atoms with Crippen LogP contribution in [-0.4, -0.2) is 47.9 Å². The number of nitrogens with zero attached hydrogens (tertiary/aromatic N) is 4. The number of hydrogen-bond acceptors (Lipinski definition) is 5. The van der Waals surface area contributed by atoms with E-state index in [1.807, 2.05) is 30.3 Å². The normalized spacial score (nSPS) is 19.6. The molecule has 0 spiro atoms. The number of carbonyl (C=O) groups excluding carboxylic acids is 2. The van der Waals surface area contributed by atoms with Crippen LogP contribution in [0.2, 0.25) is 0 Å². The van der Waals surface area contributed by atoms with E-state index in [-0.39, 0.29) is 13.2 Å². The molecule has 1 fully saturated rings. The number of rotatable bonds is 4. The molecule has 0 aliphatic carbocycles. The molecule has 1 aliphatic rings. The summed E-state index contributed by atoms with van der Waals surface area (Å²) in [6.07, 6.45) is -0.676. The summed E-state index contributed by atoms with van der Waals surface area (Å²) in [5.41, 5.74) is 8.99. The Labute approximate surface area is 158 Å². The van der Waals surface area contributed by atoms with Crippen LogP contribution in [0.25, 0.3) is 10.4 Å². The van der Waals surface area contributed by atoms with E-state index in [4.69, 9.17) is 15.0 Å². The molecule has 9 nitrogen and oxygen atoms in total. The Hall–Kier alpha value is -2.93. The zero-order valence-corrected chi connectivity index (χ0v) is 15.8. The number of nitrogens with one attached hydrogen (secondary N) is 1. The number of piperidine rings is 1.